The lowest BCUT2D eigenvalue weighted by molar-refractivity contribution is -0.118. The molecule has 1 saturated carbocycles. The van der Waals surface area contributed by atoms with Crippen LogP contribution >= 0.6 is 0 Å². The summed E-state index contributed by atoms with van der Waals surface area (Å²) in [5.74, 6) is 0.605. The van der Waals surface area contributed by atoms with Crippen LogP contribution in [0.5, 0.6) is 5.75 Å². The van der Waals surface area contributed by atoms with Gasteiger partial charge in [0.15, 0.2) is 6.61 Å². The van der Waals surface area contributed by atoms with Gasteiger partial charge in [-0.05, 0) is 49.2 Å². The molecule has 5 nitrogen and oxygen atoms in total. The highest BCUT2D eigenvalue weighted by atomic mass is 16.5. The molecule has 0 aliphatic heterocycles. The van der Waals surface area contributed by atoms with E-state index in [2.05, 4.69) is 10.6 Å². The highest BCUT2D eigenvalue weighted by Crippen LogP contribution is 2.30. The van der Waals surface area contributed by atoms with Crippen LogP contribution in [0.3, 0.4) is 0 Å². The van der Waals surface area contributed by atoms with E-state index >= 15 is 0 Å². The zero-order valence-corrected chi connectivity index (χ0v) is 12.6. The minimum absolute atomic E-state index is 0.0668. The molecule has 0 radical (unpaired) electrons. The van der Waals surface area contributed by atoms with E-state index in [0.717, 1.165) is 24.2 Å². The number of para-hydroxylation sites is 1. The maximum Gasteiger partial charge on any atom is 0.262 e. The molecule has 0 aromatic heterocycles. The van der Waals surface area contributed by atoms with Crippen LogP contribution in [0.15, 0.2) is 54.6 Å². The lowest BCUT2D eigenvalue weighted by atomic mass is 10.3. The van der Waals surface area contributed by atoms with Gasteiger partial charge in [-0.1, -0.05) is 18.2 Å². The predicted molar refractivity (Wildman–Crippen MR) is 88.4 cm³/mol. The molecule has 0 heterocycles. The fraction of sp³-hybridized carbons (Fsp3) is 0.222. The van der Waals surface area contributed by atoms with Crippen molar-refractivity contribution in [2.75, 3.05) is 17.2 Å². The quantitative estimate of drug-likeness (QED) is 0.861. The van der Waals surface area contributed by atoms with Gasteiger partial charge in [0.25, 0.3) is 5.91 Å². The monoisotopic (exact) mass is 310 g/mol. The van der Waals surface area contributed by atoms with Crippen molar-refractivity contribution < 1.29 is 14.3 Å². The zero-order chi connectivity index (χ0) is 16.1. The number of ether oxygens (including phenoxy) is 1. The third-order valence-corrected chi connectivity index (χ3v) is 3.50. The van der Waals surface area contributed by atoms with E-state index in [0.29, 0.717) is 5.75 Å². The first kappa shape index (κ1) is 15.1. The Kier molecular flexibility index (Phi) is 4.57. The number of amides is 2. The van der Waals surface area contributed by atoms with E-state index in [9.17, 15) is 9.59 Å². The van der Waals surface area contributed by atoms with Gasteiger partial charge < -0.3 is 15.4 Å². The summed E-state index contributed by atoms with van der Waals surface area (Å²) in [5.41, 5.74) is 1.47. The number of benzene rings is 2. The predicted octanol–water partition coefficient (Wildman–Crippen LogP) is 3.05. The van der Waals surface area contributed by atoms with Crippen LogP contribution in [0, 0.1) is 5.92 Å². The van der Waals surface area contributed by atoms with Gasteiger partial charge in [-0.3, -0.25) is 9.59 Å². The number of hydrogen-bond donors (Lipinski definition) is 2. The van der Waals surface area contributed by atoms with Crippen molar-refractivity contribution >= 4 is 23.2 Å². The van der Waals surface area contributed by atoms with Crippen LogP contribution in [0.4, 0.5) is 11.4 Å². The zero-order valence-electron chi connectivity index (χ0n) is 12.6. The molecular formula is C18H18N2O3. The van der Waals surface area contributed by atoms with Crippen LogP contribution in [-0.2, 0) is 9.59 Å². The molecule has 2 N–H and O–H groups in total. The van der Waals surface area contributed by atoms with Crippen LogP contribution in [-0.4, -0.2) is 18.4 Å². The molecule has 2 aromatic rings. The maximum atomic E-state index is 11.8. The average Bonchev–Trinajstić information content (AvgIpc) is 3.40. The Morgan fingerprint density at radius 2 is 1.57 bits per heavy atom. The number of carbonyl (C=O) groups is 2. The van der Waals surface area contributed by atoms with Crippen LogP contribution in [0.2, 0.25) is 0 Å². The van der Waals surface area contributed by atoms with Gasteiger partial charge in [0.2, 0.25) is 5.91 Å². The smallest absolute Gasteiger partial charge is 0.262 e. The molecule has 0 spiro atoms. The molecule has 23 heavy (non-hydrogen) atoms. The Hall–Kier alpha value is -2.82. The van der Waals surface area contributed by atoms with Crippen molar-refractivity contribution in [3.8, 4) is 5.75 Å². The molecule has 1 aliphatic rings. The van der Waals surface area contributed by atoms with Crippen molar-refractivity contribution in [3.63, 3.8) is 0 Å². The van der Waals surface area contributed by atoms with Gasteiger partial charge in [-0.2, -0.15) is 0 Å². The van der Waals surface area contributed by atoms with Gasteiger partial charge in [0, 0.05) is 17.3 Å². The average molecular weight is 310 g/mol. The standard InChI is InChI=1S/C18H18N2O3/c21-17(19-14-4-2-1-3-5-14)12-23-16-10-8-15(9-11-16)20-18(22)13-6-7-13/h1-5,8-11,13H,6-7,12H2,(H,19,21)(H,20,22). The molecule has 0 bridgehead atoms. The van der Waals surface area contributed by atoms with E-state index in [1.54, 1.807) is 24.3 Å². The van der Waals surface area contributed by atoms with Crippen molar-refractivity contribution in [1.82, 2.24) is 0 Å². The normalized spacial score (nSPS) is 13.2. The van der Waals surface area contributed by atoms with E-state index in [1.807, 2.05) is 30.3 Å². The minimum Gasteiger partial charge on any atom is -0.484 e. The first-order valence-electron chi connectivity index (χ1n) is 7.59. The molecule has 118 valence electrons. The van der Waals surface area contributed by atoms with Crippen molar-refractivity contribution in [2.24, 2.45) is 5.92 Å². The first-order chi connectivity index (χ1) is 11.2. The van der Waals surface area contributed by atoms with Gasteiger partial charge in [-0.15, -0.1) is 0 Å². The van der Waals surface area contributed by atoms with E-state index in [4.69, 9.17) is 4.74 Å². The fourth-order valence-electron chi connectivity index (χ4n) is 2.09. The summed E-state index contributed by atoms with van der Waals surface area (Å²) in [4.78, 5) is 23.4. The summed E-state index contributed by atoms with van der Waals surface area (Å²) in [6, 6.07) is 16.2. The molecule has 0 atom stereocenters. The number of carbonyl (C=O) groups excluding carboxylic acids is 2. The third-order valence-electron chi connectivity index (χ3n) is 3.50. The van der Waals surface area contributed by atoms with Gasteiger partial charge in [0.1, 0.15) is 5.75 Å². The number of anilines is 2. The van der Waals surface area contributed by atoms with Crippen molar-refractivity contribution in [1.29, 1.82) is 0 Å². The first-order valence-corrected chi connectivity index (χ1v) is 7.59. The third kappa shape index (κ3) is 4.57. The van der Waals surface area contributed by atoms with Crippen LogP contribution in [0.25, 0.3) is 0 Å². The number of nitrogens with one attached hydrogen (secondary N) is 2. The SMILES string of the molecule is O=C(COc1ccc(NC(=O)C2CC2)cc1)Nc1ccccc1. The number of hydrogen-bond acceptors (Lipinski definition) is 3. The van der Waals surface area contributed by atoms with Gasteiger partial charge in [-0.25, -0.2) is 0 Å². The molecule has 2 aromatic carbocycles. The Morgan fingerprint density at radius 1 is 0.913 bits per heavy atom. The highest BCUT2D eigenvalue weighted by Gasteiger charge is 2.29. The summed E-state index contributed by atoms with van der Waals surface area (Å²) < 4.78 is 5.44. The van der Waals surface area contributed by atoms with E-state index < -0.39 is 0 Å². The second-order valence-corrected chi connectivity index (χ2v) is 5.49. The second-order valence-electron chi connectivity index (χ2n) is 5.49. The topological polar surface area (TPSA) is 67.4 Å². The Balaban J connectivity index is 1.46. The number of rotatable bonds is 6. The molecule has 1 aliphatic carbocycles. The van der Waals surface area contributed by atoms with Crippen LogP contribution < -0.4 is 15.4 Å². The van der Waals surface area contributed by atoms with Gasteiger partial charge in [0.05, 0.1) is 0 Å². The molecular weight excluding hydrogens is 292 g/mol. The fourth-order valence-corrected chi connectivity index (χ4v) is 2.09. The molecule has 5 heteroatoms. The summed E-state index contributed by atoms with van der Waals surface area (Å²) in [6.07, 6.45) is 1.95. The molecule has 0 unspecified atom stereocenters. The molecule has 0 saturated heterocycles. The van der Waals surface area contributed by atoms with Crippen molar-refractivity contribution in [3.05, 3.63) is 54.6 Å². The summed E-state index contributed by atoms with van der Waals surface area (Å²) in [5, 5.41) is 5.60. The Labute approximate surface area is 134 Å². The summed E-state index contributed by atoms with van der Waals surface area (Å²) in [7, 11) is 0. The van der Waals surface area contributed by atoms with Gasteiger partial charge >= 0.3 is 0 Å². The Morgan fingerprint density at radius 3 is 2.22 bits per heavy atom. The molecule has 3 rings (SSSR count). The van der Waals surface area contributed by atoms with E-state index in [-0.39, 0.29) is 24.3 Å². The highest BCUT2D eigenvalue weighted by molar-refractivity contribution is 5.94. The van der Waals surface area contributed by atoms with Crippen molar-refractivity contribution in [2.45, 2.75) is 12.8 Å². The molecule has 2 amide bonds. The van der Waals surface area contributed by atoms with Crippen LogP contribution in [0.1, 0.15) is 12.8 Å². The Bertz CT molecular complexity index is 679. The lowest BCUT2D eigenvalue weighted by Crippen LogP contribution is -2.20. The maximum absolute atomic E-state index is 11.8. The largest absolute Gasteiger partial charge is 0.484 e. The molecule has 1 fully saturated rings. The van der Waals surface area contributed by atoms with E-state index in [1.165, 1.54) is 0 Å². The lowest BCUT2D eigenvalue weighted by Gasteiger charge is -2.09. The summed E-state index contributed by atoms with van der Waals surface area (Å²) >= 11 is 0. The minimum atomic E-state index is -0.220. The second kappa shape index (κ2) is 6.96. The summed E-state index contributed by atoms with van der Waals surface area (Å²) in [6.45, 7) is -0.0668.